The molecule has 0 aliphatic heterocycles. The molecular weight excluding hydrogens is 336 g/mol. The van der Waals surface area contributed by atoms with Crippen molar-refractivity contribution in [1.82, 2.24) is 0 Å². The molecule has 6 heteroatoms. The first-order valence-corrected chi connectivity index (χ1v) is 9.33. The predicted molar refractivity (Wildman–Crippen MR) is 95.9 cm³/mol. The lowest BCUT2D eigenvalue weighted by Gasteiger charge is -2.24. The van der Waals surface area contributed by atoms with Gasteiger partial charge in [-0.1, -0.05) is 24.3 Å². The molecule has 2 bridgehead atoms. The number of thioether (sulfide) groups is 1. The molecule has 5 atom stereocenters. The van der Waals surface area contributed by atoms with Gasteiger partial charge in [-0.3, -0.25) is 9.59 Å². The lowest BCUT2D eigenvalue weighted by molar-refractivity contribution is -0.146. The van der Waals surface area contributed by atoms with Gasteiger partial charge in [-0.15, -0.1) is 11.8 Å². The third-order valence-corrected chi connectivity index (χ3v) is 6.23. The molecule has 2 N–H and O–H groups in total. The number of benzene rings is 1. The number of nitrogens with zero attached hydrogens (tertiary/aromatic N) is 1. The number of anilines is 1. The number of carboxylic acid groups (broad SMARTS) is 1. The minimum atomic E-state index is -0.900. The van der Waals surface area contributed by atoms with E-state index in [2.05, 4.69) is 11.4 Å². The van der Waals surface area contributed by atoms with Gasteiger partial charge in [0.1, 0.15) is 0 Å². The molecule has 25 heavy (non-hydrogen) atoms. The Morgan fingerprint density at radius 2 is 2.00 bits per heavy atom. The van der Waals surface area contributed by atoms with Gasteiger partial charge < -0.3 is 10.4 Å². The summed E-state index contributed by atoms with van der Waals surface area (Å²) in [7, 11) is 0. The summed E-state index contributed by atoms with van der Waals surface area (Å²) in [5.41, 5.74) is 0.679. The van der Waals surface area contributed by atoms with Gasteiger partial charge in [0, 0.05) is 10.6 Å². The van der Waals surface area contributed by atoms with Crippen LogP contribution in [0.15, 0.2) is 41.3 Å². The van der Waals surface area contributed by atoms with Crippen molar-refractivity contribution >= 4 is 29.3 Å². The molecule has 5 nitrogen and oxygen atoms in total. The molecule has 1 saturated carbocycles. The fourth-order valence-corrected chi connectivity index (χ4v) is 4.63. The van der Waals surface area contributed by atoms with Crippen LogP contribution in [0.4, 0.5) is 5.69 Å². The highest BCUT2D eigenvalue weighted by Gasteiger charge is 2.51. The van der Waals surface area contributed by atoms with Gasteiger partial charge in [-0.25, -0.2) is 0 Å². The number of hydrogen-bond donors (Lipinski definition) is 2. The number of nitriles is 1. The first kappa shape index (κ1) is 17.6. The number of amides is 1. The summed E-state index contributed by atoms with van der Waals surface area (Å²) in [6, 6.07) is 9.63. The minimum Gasteiger partial charge on any atom is -0.481 e. The number of carbonyl (C=O) groups excluding carboxylic acids is 1. The van der Waals surface area contributed by atoms with Gasteiger partial charge in [0.25, 0.3) is 0 Å². The molecule has 2 aliphatic rings. The van der Waals surface area contributed by atoms with Crippen LogP contribution in [-0.2, 0) is 9.59 Å². The number of nitrogens with one attached hydrogen (secondary N) is 1. The molecule has 0 aromatic heterocycles. The molecule has 0 saturated heterocycles. The molecule has 1 fully saturated rings. The van der Waals surface area contributed by atoms with Gasteiger partial charge in [0.05, 0.1) is 29.5 Å². The Morgan fingerprint density at radius 1 is 1.32 bits per heavy atom. The number of aliphatic carboxylic acids is 1. The van der Waals surface area contributed by atoms with E-state index in [1.165, 1.54) is 11.8 Å². The van der Waals surface area contributed by atoms with Crippen molar-refractivity contribution in [2.24, 2.45) is 29.6 Å². The van der Waals surface area contributed by atoms with Crippen LogP contribution in [-0.4, -0.2) is 22.7 Å². The molecule has 0 radical (unpaired) electrons. The van der Waals surface area contributed by atoms with Crippen molar-refractivity contribution in [3.63, 3.8) is 0 Å². The van der Waals surface area contributed by atoms with Crippen molar-refractivity contribution in [2.45, 2.75) is 18.2 Å². The summed E-state index contributed by atoms with van der Waals surface area (Å²) in [5, 5.41) is 21.3. The zero-order valence-electron chi connectivity index (χ0n) is 13.9. The van der Waals surface area contributed by atoms with Crippen molar-refractivity contribution in [3.05, 3.63) is 36.4 Å². The quantitative estimate of drug-likeness (QED) is 0.602. The van der Waals surface area contributed by atoms with Crippen LogP contribution in [0.3, 0.4) is 0 Å². The standard InChI is InChI=1S/C19H20N2O3S/c1-11(9-20)10-25-15-5-3-2-4-14(15)21-18(22)16-12-6-7-13(8-12)17(16)19(23)24/h2-7,11-13,16-17H,8,10H2,1H3,(H,21,22)(H,23,24). The molecule has 2 aliphatic carbocycles. The molecular formula is C19H20N2O3S. The maximum atomic E-state index is 12.8. The third-order valence-electron chi connectivity index (χ3n) is 4.90. The number of carboxylic acids is 1. The minimum absolute atomic E-state index is 0.00419. The summed E-state index contributed by atoms with van der Waals surface area (Å²) < 4.78 is 0. The predicted octanol–water partition coefficient (Wildman–Crippen LogP) is 3.40. The summed E-state index contributed by atoms with van der Waals surface area (Å²) in [5.74, 6) is -1.78. The van der Waals surface area contributed by atoms with Crippen molar-refractivity contribution in [3.8, 4) is 6.07 Å². The fourth-order valence-electron chi connectivity index (χ4n) is 3.68. The number of para-hydroxylation sites is 1. The van der Waals surface area contributed by atoms with Crippen LogP contribution in [0.2, 0.25) is 0 Å². The van der Waals surface area contributed by atoms with E-state index in [4.69, 9.17) is 5.26 Å². The van der Waals surface area contributed by atoms with Gasteiger partial charge >= 0.3 is 5.97 Å². The van der Waals surface area contributed by atoms with Gasteiger partial charge in [0.2, 0.25) is 5.91 Å². The van der Waals surface area contributed by atoms with Crippen molar-refractivity contribution in [1.29, 1.82) is 5.26 Å². The van der Waals surface area contributed by atoms with E-state index in [1.807, 2.05) is 43.3 Å². The van der Waals surface area contributed by atoms with E-state index in [-0.39, 0.29) is 23.7 Å². The van der Waals surface area contributed by atoms with Gasteiger partial charge in [-0.2, -0.15) is 5.26 Å². The van der Waals surface area contributed by atoms with Crippen LogP contribution in [0.25, 0.3) is 0 Å². The Bertz CT molecular complexity index is 755. The molecule has 130 valence electrons. The van der Waals surface area contributed by atoms with Crippen LogP contribution in [0.1, 0.15) is 13.3 Å². The van der Waals surface area contributed by atoms with Crippen molar-refractivity contribution < 1.29 is 14.7 Å². The summed E-state index contributed by atoms with van der Waals surface area (Å²) in [6.45, 7) is 1.85. The highest BCUT2D eigenvalue weighted by atomic mass is 32.2. The van der Waals surface area contributed by atoms with E-state index in [9.17, 15) is 14.7 Å². The average Bonchev–Trinajstić information content (AvgIpc) is 3.21. The topological polar surface area (TPSA) is 90.2 Å². The second kappa shape index (κ2) is 7.32. The zero-order chi connectivity index (χ0) is 18.0. The second-order valence-corrected chi connectivity index (χ2v) is 7.73. The van der Waals surface area contributed by atoms with Crippen LogP contribution in [0, 0.1) is 40.9 Å². The second-order valence-electron chi connectivity index (χ2n) is 6.66. The SMILES string of the molecule is CC(C#N)CSc1ccccc1NC(=O)C1C2C=CC(C2)C1C(=O)O. The molecule has 1 aromatic rings. The van der Waals surface area contributed by atoms with Gasteiger partial charge in [0.15, 0.2) is 0 Å². The zero-order valence-corrected chi connectivity index (χ0v) is 14.7. The molecule has 1 aromatic carbocycles. The Labute approximate surface area is 151 Å². The van der Waals surface area contributed by atoms with E-state index < -0.39 is 17.8 Å². The average molecular weight is 356 g/mol. The van der Waals surface area contributed by atoms with Crippen LogP contribution in [0.5, 0.6) is 0 Å². The summed E-state index contributed by atoms with van der Waals surface area (Å²) in [4.78, 5) is 25.3. The number of allylic oxidation sites excluding steroid dienone is 2. The maximum Gasteiger partial charge on any atom is 0.307 e. The maximum absolute atomic E-state index is 12.8. The van der Waals surface area contributed by atoms with E-state index in [0.29, 0.717) is 11.4 Å². The third kappa shape index (κ3) is 3.57. The Hall–Kier alpha value is -2.26. The normalized spacial score (nSPS) is 27.7. The summed E-state index contributed by atoms with van der Waals surface area (Å²) in [6.07, 6.45) is 4.65. The highest BCUT2D eigenvalue weighted by molar-refractivity contribution is 7.99. The molecule has 1 amide bonds. The number of carbonyl (C=O) groups is 2. The Morgan fingerprint density at radius 3 is 2.68 bits per heavy atom. The van der Waals surface area contributed by atoms with Crippen molar-refractivity contribution in [2.75, 3.05) is 11.1 Å². The van der Waals surface area contributed by atoms with Gasteiger partial charge in [-0.05, 0) is 37.3 Å². The molecule has 3 rings (SSSR count). The van der Waals surface area contributed by atoms with E-state index in [1.54, 1.807) is 0 Å². The monoisotopic (exact) mass is 356 g/mol. The first-order chi connectivity index (χ1) is 12.0. The number of rotatable bonds is 6. The smallest absolute Gasteiger partial charge is 0.307 e. The summed E-state index contributed by atoms with van der Waals surface area (Å²) >= 11 is 1.52. The first-order valence-electron chi connectivity index (χ1n) is 8.34. The Kier molecular flexibility index (Phi) is 5.14. The lowest BCUT2D eigenvalue weighted by atomic mass is 9.82. The molecule has 0 heterocycles. The fraction of sp³-hybridized carbons (Fsp3) is 0.421. The Balaban J connectivity index is 1.74. The molecule has 5 unspecified atom stereocenters. The van der Waals surface area contributed by atoms with Crippen LogP contribution < -0.4 is 5.32 Å². The van der Waals surface area contributed by atoms with E-state index >= 15 is 0 Å². The van der Waals surface area contributed by atoms with E-state index in [0.717, 1.165) is 11.3 Å². The lowest BCUT2D eigenvalue weighted by Crippen LogP contribution is -2.36. The number of fused-ring (bicyclic) bond motifs is 2. The largest absolute Gasteiger partial charge is 0.481 e. The number of hydrogen-bond acceptors (Lipinski definition) is 4. The molecule has 0 spiro atoms. The highest BCUT2D eigenvalue weighted by Crippen LogP contribution is 2.48. The van der Waals surface area contributed by atoms with Crippen LogP contribution >= 0.6 is 11.8 Å².